The number of rotatable bonds is 8. The van der Waals surface area contributed by atoms with Crippen molar-refractivity contribution in [3.8, 4) is 56.4 Å². The van der Waals surface area contributed by atoms with Crippen LogP contribution < -0.4 is 9.30 Å². The van der Waals surface area contributed by atoms with Crippen LogP contribution >= 0.6 is 11.3 Å². The van der Waals surface area contributed by atoms with Crippen molar-refractivity contribution in [1.82, 2.24) is 14.5 Å². The van der Waals surface area contributed by atoms with Gasteiger partial charge in [-0.05, 0) is 44.8 Å². The van der Waals surface area contributed by atoms with Crippen LogP contribution in [0.3, 0.4) is 0 Å². The minimum absolute atomic E-state index is 0. The normalized spacial score (nSPS) is 13.9. The summed E-state index contributed by atoms with van der Waals surface area (Å²) >= 11 is 1.59. The Balaban J connectivity index is 0.00000544. The molecule has 53 heavy (non-hydrogen) atoms. The molecule has 0 aliphatic carbocycles. The first-order valence-corrected chi connectivity index (χ1v) is 17.3. The fourth-order valence-corrected chi connectivity index (χ4v) is 7.41. The van der Waals surface area contributed by atoms with Gasteiger partial charge in [0.25, 0.3) is 6.33 Å². The van der Waals surface area contributed by atoms with Gasteiger partial charge in [0.05, 0.1) is 35.9 Å². The molecule has 0 amide bonds. The van der Waals surface area contributed by atoms with E-state index in [1.807, 2.05) is 24.3 Å². The molecular weight excluding hydrogens is 852 g/mol. The molecule has 0 saturated heterocycles. The summed E-state index contributed by atoms with van der Waals surface area (Å²) in [6, 6.07) is 24.4. The Morgan fingerprint density at radius 1 is 0.755 bits per heavy atom. The molecule has 0 N–H and O–H groups in total. The second kappa shape index (κ2) is 14.7. The predicted octanol–water partition coefficient (Wildman–Crippen LogP) is 11.2. The molecule has 0 spiro atoms. The van der Waals surface area contributed by atoms with Crippen molar-refractivity contribution in [3.63, 3.8) is 0 Å². The van der Waals surface area contributed by atoms with Crippen molar-refractivity contribution in [2.75, 3.05) is 0 Å². The second-order valence-electron chi connectivity index (χ2n) is 12.1. The van der Waals surface area contributed by atoms with Crippen LogP contribution in [-0.4, -0.2) is 14.5 Å². The molecule has 0 bridgehead atoms. The van der Waals surface area contributed by atoms with Crippen LogP contribution in [0.25, 0.3) is 66.1 Å². The number of imidazole rings is 1. The number of hydrogen-bond donors (Lipinski definition) is 0. The van der Waals surface area contributed by atoms with Gasteiger partial charge in [-0.25, -0.2) is 4.98 Å². The summed E-state index contributed by atoms with van der Waals surface area (Å²) in [6.07, 6.45) is 4.93. The third-order valence-corrected chi connectivity index (χ3v) is 9.60. The first kappa shape index (κ1) is 24.5. The SMILES string of the molecule is [2H]c1c([2H])c([2H])c(-c2cccc(-c3c([2H])c([2H])c([2H])c([2H])c3[2H])c2-[n+]2[c-]n(-c3[c-]c(Oc4[c-]c(-c5ncnc6c(C(C)C)csc56)ccc4)ccc3)c3ccccc32)c([2H])c1[2H].[Pt]. The smallest absolute Gasteiger partial charge is 0.268 e. The maximum atomic E-state index is 8.94. The molecule has 0 unspecified atom stereocenters. The van der Waals surface area contributed by atoms with Crippen LogP contribution in [0.2, 0.25) is 0 Å². The zero-order valence-electron chi connectivity index (χ0n) is 38.2. The minimum Gasteiger partial charge on any atom is -0.503 e. The van der Waals surface area contributed by atoms with Crippen molar-refractivity contribution in [2.24, 2.45) is 0 Å². The van der Waals surface area contributed by atoms with E-state index in [0.717, 1.165) is 27.0 Å². The van der Waals surface area contributed by atoms with E-state index in [1.54, 1.807) is 81.4 Å². The molecule has 9 rings (SSSR count). The molecule has 0 radical (unpaired) electrons. The maximum absolute atomic E-state index is 8.94. The molecule has 260 valence electrons. The van der Waals surface area contributed by atoms with Crippen molar-refractivity contribution in [2.45, 2.75) is 19.8 Å². The summed E-state index contributed by atoms with van der Waals surface area (Å²) in [7, 11) is 0. The van der Waals surface area contributed by atoms with Crippen molar-refractivity contribution < 1.29 is 44.1 Å². The van der Waals surface area contributed by atoms with E-state index in [4.69, 9.17) is 18.4 Å². The van der Waals surface area contributed by atoms with Crippen LogP contribution in [0.5, 0.6) is 11.5 Å². The van der Waals surface area contributed by atoms with Crippen LogP contribution in [0.1, 0.15) is 39.0 Å². The van der Waals surface area contributed by atoms with Crippen LogP contribution in [0, 0.1) is 18.5 Å². The number of fused-ring (bicyclic) bond motifs is 2. The Labute approximate surface area is 341 Å². The van der Waals surface area contributed by atoms with Gasteiger partial charge < -0.3 is 9.30 Å². The third-order valence-electron chi connectivity index (χ3n) is 8.60. The number of hydrogen-bond acceptors (Lipinski definition) is 4. The zero-order chi connectivity index (χ0) is 43.7. The number of nitrogens with zero attached hydrogens (tertiary/aromatic N) is 4. The average molecular weight is 894 g/mol. The molecule has 0 aliphatic heterocycles. The van der Waals surface area contributed by atoms with Gasteiger partial charge in [-0.1, -0.05) is 123 Å². The maximum Gasteiger partial charge on any atom is 0.268 e. The fraction of sp³-hybridized carbons (Fsp3) is 0.0652. The van der Waals surface area contributed by atoms with Gasteiger partial charge in [-0.2, -0.15) is 12.1 Å². The Morgan fingerprint density at radius 2 is 1.42 bits per heavy atom. The monoisotopic (exact) mass is 893 g/mol. The molecule has 7 heteroatoms. The Hall–Kier alpha value is -5.68. The van der Waals surface area contributed by atoms with Gasteiger partial charge in [-0.3, -0.25) is 9.55 Å². The molecule has 0 saturated carbocycles. The Morgan fingerprint density at radius 3 is 2.13 bits per heavy atom. The van der Waals surface area contributed by atoms with E-state index in [2.05, 4.69) is 47.7 Å². The standard InChI is InChI=1S/C46H32N4OS.Pt/c1-31(2)40-28-52-46-43(47-29-48-44(40)46)34-18-11-20-36(26-34)51-37-21-12-19-35(27-37)49-30-50(42-25-10-9-24-41(42)49)45-38(32-14-5-3-6-15-32)22-13-23-39(45)33-16-7-4-8-17-33;/h3-25,28-29,31H,1-2H3;/q-2;/i3D,4D,5D,6D,7D,8D,14D,15D,16D,17D;. The molecule has 9 aromatic rings. The summed E-state index contributed by atoms with van der Waals surface area (Å²) in [5, 5.41) is 2.12. The summed E-state index contributed by atoms with van der Waals surface area (Å²) in [5.41, 5.74) is 5.40. The average Bonchev–Trinajstić information content (AvgIpc) is 3.90. The van der Waals surface area contributed by atoms with Gasteiger partial charge in [0.1, 0.15) is 6.33 Å². The van der Waals surface area contributed by atoms with E-state index in [9.17, 15) is 0 Å². The number of benzene rings is 6. The van der Waals surface area contributed by atoms with Gasteiger partial charge in [-0.15, -0.1) is 47.2 Å². The number of aromatic nitrogens is 4. The van der Waals surface area contributed by atoms with Crippen LogP contribution in [-0.2, 0) is 21.1 Å². The molecule has 0 fully saturated rings. The van der Waals surface area contributed by atoms with Crippen molar-refractivity contribution in [3.05, 3.63) is 175 Å². The van der Waals surface area contributed by atoms with E-state index in [1.165, 1.54) is 0 Å². The van der Waals surface area contributed by atoms with Gasteiger partial charge >= 0.3 is 0 Å². The summed E-state index contributed by atoms with van der Waals surface area (Å²) in [6.45, 7) is 4.27. The second-order valence-corrected chi connectivity index (χ2v) is 13.0. The zero-order valence-corrected chi connectivity index (χ0v) is 31.2. The Kier molecular flexibility index (Phi) is 6.83. The first-order valence-electron chi connectivity index (χ1n) is 21.4. The van der Waals surface area contributed by atoms with Gasteiger partial charge in [0.15, 0.2) is 0 Å². The molecule has 3 heterocycles. The fourth-order valence-electron chi connectivity index (χ4n) is 6.22. The van der Waals surface area contributed by atoms with Crippen LogP contribution in [0.15, 0.2) is 151 Å². The minimum atomic E-state index is -0.570. The number of para-hydroxylation sites is 3. The van der Waals surface area contributed by atoms with Crippen molar-refractivity contribution in [1.29, 1.82) is 0 Å². The topological polar surface area (TPSA) is 43.8 Å². The first-order chi connectivity index (χ1) is 29.8. The number of ether oxygens (including phenoxy) is 1. The quantitative estimate of drug-likeness (QED) is 0.113. The summed E-state index contributed by atoms with van der Waals surface area (Å²) < 4.78 is 96.9. The molecule has 5 nitrogen and oxygen atoms in total. The third kappa shape index (κ3) is 6.50. The van der Waals surface area contributed by atoms with E-state index >= 15 is 0 Å². The van der Waals surface area contributed by atoms with E-state index < -0.39 is 60.4 Å². The van der Waals surface area contributed by atoms with E-state index in [-0.39, 0.29) is 49.0 Å². The Bertz CT molecular complexity index is 3150. The molecule has 0 aliphatic rings. The van der Waals surface area contributed by atoms with E-state index in [0.29, 0.717) is 34.1 Å². The molecular formula is C46H32N4OPtS-2. The van der Waals surface area contributed by atoms with Gasteiger partial charge in [0.2, 0.25) is 0 Å². The molecule has 3 aromatic heterocycles. The number of thiophene rings is 1. The van der Waals surface area contributed by atoms with Crippen LogP contribution in [0.4, 0.5) is 0 Å². The molecule has 6 aromatic carbocycles. The van der Waals surface area contributed by atoms with Crippen molar-refractivity contribution >= 4 is 32.6 Å². The van der Waals surface area contributed by atoms with Gasteiger partial charge in [0, 0.05) is 43.0 Å². The summed E-state index contributed by atoms with van der Waals surface area (Å²) in [5.74, 6) is 1.09. The predicted molar refractivity (Wildman–Crippen MR) is 209 cm³/mol. The summed E-state index contributed by atoms with van der Waals surface area (Å²) in [4.78, 5) is 9.16. The molecule has 0 atom stereocenters. The largest absolute Gasteiger partial charge is 0.503 e.